The van der Waals surface area contributed by atoms with Gasteiger partial charge in [-0.25, -0.2) is 0 Å². The number of pyridine rings is 1. The molecule has 1 aliphatic rings. The van der Waals surface area contributed by atoms with Crippen LogP contribution in [0, 0.1) is 12.8 Å². The molecule has 2 aromatic rings. The summed E-state index contributed by atoms with van der Waals surface area (Å²) in [6.45, 7) is 3.04. The Morgan fingerprint density at radius 2 is 2.12 bits per heavy atom. The van der Waals surface area contributed by atoms with Gasteiger partial charge in [-0.15, -0.1) is 0 Å². The summed E-state index contributed by atoms with van der Waals surface area (Å²) in [6.07, 6.45) is 1.77. The van der Waals surface area contributed by atoms with Gasteiger partial charge in [-0.3, -0.25) is 9.59 Å². The Morgan fingerprint density at radius 1 is 1.33 bits per heavy atom. The summed E-state index contributed by atoms with van der Waals surface area (Å²) in [5, 5.41) is 2.97. The Balaban J connectivity index is 1.68. The Hall–Kier alpha value is -2.56. The first kappa shape index (κ1) is 16.3. The van der Waals surface area contributed by atoms with Gasteiger partial charge in [-0.2, -0.15) is 0 Å². The number of aromatic nitrogens is 1. The molecule has 0 saturated carbocycles. The highest BCUT2D eigenvalue weighted by atomic mass is 16.5. The van der Waals surface area contributed by atoms with Crippen molar-refractivity contribution in [3.05, 3.63) is 63.6 Å². The molecule has 1 aromatic heterocycles. The lowest BCUT2D eigenvalue weighted by molar-refractivity contribution is 0.0936. The number of nitrogens with zero attached hydrogens (tertiary/aromatic N) is 1. The maximum atomic E-state index is 12.4. The molecule has 126 valence electrons. The molecule has 1 atom stereocenters. The Labute approximate surface area is 141 Å². The van der Waals surface area contributed by atoms with E-state index in [1.54, 1.807) is 11.6 Å². The number of hydrogen-bond acceptors (Lipinski definition) is 3. The van der Waals surface area contributed by atoms with E-state index in [0.29, 0.717) is 24.8 Å². The van der Waals surface area contributed by atoms with Crippen molar-refractivity contribution in [2.24, 2.45) is 13.0 Å². The van der Waals surface area contributed by atoms with Crippen molar-refractivity contribution >= 4 is 5.91 Å². The minimum absolute atomic E-state index is 0.146. The number of rotatable bonds is 3. The quantitative estimate of drug-likeness (QED) is 0.939. The molecule has 2 heterocycles. The molecular formula is C19H22N2O3. The predicted molar refractivity (Wildman–Crippen MR) is 92.5 cm³/mol. The molecule has 5 heteroatoms. The second-order valence-electron chi connectivity index (χ2n) is 6.30. The fourth-order valence-corrected chi connectivity index (χ4v) is 3.05. The average molecular weight is 326 g/mol. The molecule has 0 fully saturated rings. The van der Waals surface area contributed by atoms with Crippen molar-refractivity contribution in [1.29, 1.82) is 0 Å². The SMILES string of the molecule is Cc1cc(=O)cc(C(=O)NCC2CCOc3ccccc3C2)n1C. The van der Waals surface area contributed by atoms with E-state index in [9.17, 15) is 9.59 Å². The topological polar surface area (TPSA) is 60.3 Å². The highest BCUT2D eigenvalue weighted by molar-refractivity contribution is 5.92. The van der Waals surface area contributed by atoms with Crippen LogP contribution in [-0.4, -0.2) is 23.6 Å². The maximum Gasteiger partial charge on any atom is 0.268 e. The summed E-state index contributed by atoms with van der Waals surface area (Å²) < 4.78 is 7.50. The molecule has 1 aliphatic heterocycles. The summed E-state index contributed by atoms with van der Waals surface area (Å²) in [5.41, 5.74) is 2.19. The first-order chi connectivity index (χ1) is 11.5. The van der Waals surface area contributed by atoms with Crippen LogP contribution in [-0.2, 0) is 13.5 Å². The Morgan fingerprint density at radius 3 is 2.96 bits per heavy atom. The van der Waals surface area contributed by atoms with E-state index in [4.69, 9.17) is 4.74 Å². The molecule has 0 saturated heterocycles. The molecule has 1 amide bonds. The Bertz CT molecular complexity index is 810. The van der Waals surface area contributed by atoms with E-state index in [-0.39, 0.29) is 11.3 Å². The van der Waals surface area contributed by atoms with Gasteiger partial charge < -0.3 is 14.6 Å². The number of amides is 1. The summed E-state index contributed by atoms with van der Waals surface area (Å²) in [6, 6.07) is 10.9. The first-order valence-corrected chi connectivity index (χ1v) is 8.21. The summed E-state index contributed by atoms with van der Waals surface area (Å²) in [5.74, 6) is 1.04. The number of carbonyl (C=O) groups excluding carboxylic acids is 1. The van der Waals surface area contributed by atoms with Crippen molar-refractivity contribution in [2.75, 3.05) is 13.2 Å². The van der Waals surface area contributed by atoms with E-state index in [2.05, 4.69) is 11.4 Å². The largest absolute Gasteiger partial charge is 0.493 e. The minimum atomic E-state index is -0.211. The molecule has 0 aliphatic carbocycles. The van der Waals surface area contributed by atoms with Crippen molar-refractivity contribution in [2.45, 2.75) is 19.8 Å². The summed E-state index contributed by atoms with van der Waals surface area (Å²) in [4.78, 5) is 24.1. The number of aryl methyl sites for hydroxylation is 1. The van der Waals surface area contributed by atoms with Crippen LogP contribution >= 0.6 is 0 Å². The van der Waals surface area contributed by atoms with E-state index >= 15 is 0 Å². The molecule has 1 N–H and O–H groups in total. The third-order valence-electron chi connectivity index (χ3n) is 4.57. The number of ether oxygens (including phenoxy) is 1. The van der Waals surface area contributed by atoms with Crippen LogP contribution in [0.15, 0.2) is 41.2 Å². The summed E-state index contributed by atoms with van der Waals surface area (Å²) >= 11 is 0. The normalized spacial score (nSPS) is 16.7. The lowest BCUT2D eigenvalue weighted by Gasteiger charge is -2.16. The van der Waals surface area contributed by atoms with Crippen LogP contribution in [0.2, 0.25) is 0 Å². The van der Waals surface area contributed by atoms with Crippen LogP contribution in [0.5, 0.6) is 5.75 Å². The van der Waals surface area contributed by atoms with Crippen LogP contribution in [0.25, 0.3) is 0 Å². The lowest BCUT2D eigenvalue weighted by Crippen LogP contribution is -2.33. The second kappa shape index (κ2) is 6.91. The smallest absolute Gasteiger partial charge is 0.268 e. The molecule has 1 unspecified atom stereocenters. The molecule has 1 aromatic carbocycles. The van der Waals surface area contributed by atoms with Gasteiger partial charge in [0.25, 0.3) is 5.91 Å². The van der Waals surface area contributed by atoms with Crippen LogP contribution in [0.4, 0.5) is 0 Å². The van der Waals surface area contributed by atoms with Crippen LogP contribution in [0.1, 0.15) is 28.2 Å². The van der Waals surface area contributed by atoms with Gasteiger partial charge in [-0.1, -0.05) is 18.2 Å². The average Bonchev–Trinajstić information content (AvgIpc) is 2.77. The van der Waals surface area contributed by atoms with E-state index in [0.717, 1.165) is 24.3 Å². The van der Waals surface area contributed by atoms with E-state index < -0.39 is 0 Å². The number of nitrogens with one attached hydrogen (secondary N) is 1. The number of benzene rings is 1. The maximum absolute atomic E-state index is 12.4. The minimum Gasteiger partial charge on any atom is -0.493 e. The molecular weight excluding hydrogens is 304 g/mol. The van der Waals surface area contributed by atoms with Crippen LogP contribution < -0.4 is 15.5 Å². The first-order valence-electron chi connectivity index (χ1n) is 8.21. The highest BCUT2D eigenvalue weighted by Gasteiger charge is 2.19. The van der Waals surface area contributed by atoms with Crippen molar-refractivity contribution in [3.63, 3.8) is 0 Å². The van der Waals surface area contributed by atoms with Crippen LogP contribution in [0.3, 0.4) is 0 Å². The van der Waals surface area contributed by atoms with Gasteiger partial charge in [0.15, 0.2) is 5.43 Å². The number of fused-ring (bicyclic) bond motifs is 1. The zero-order valence-corrected chi connectivity index (χ0v) is 14.0. The lowest BCUT2D eigenvalue weighted by atomic mass is 9.97. The number of para-hydroxylation sites is 1. The van der Waals surface area contributed by atoms with Gasteiger partial charge in [0.1, 0.15) is 11.4 Å². The third-order valence-corrected chi connectivity index (χ3v) is 4.57. The highest BCUT2D eigenvalue weighted by Crippen LogP contribution is 2.26. The van der Waals surface area contributed by atoms with Gasteiger partial charge in [0.2, 0.25) is 0 Å². The monoisotopic (exact) mass is 326 g/mol. The fraction of sp³-hybridized carbons (Fsp3) is 0.368. The van der Waals surface area contributed by atoms with Crippen molar-refractivity contribution in [3.8, 4) is 5.75 Å². The second-order valence-corrected chi connectivity index (χ2v) is 6.30. The Kier molecular flexibility index (Phi) is 4.69. The zero-order valence-electron chi connectivity index (χ0n) is 14.0. The zero-order chi connectivity index (χ0) is 17.1. The standard InChI is InChI=1S/C19H22N2O3/c1-13-9-16(22)11-17(21(13)2)19(23)20-12-14-7-8-24-18-6-4-3-5-15(18)10-14/h3-6,9,11,14H,7-8,10,12H2,1-2H3,(H,20,23). The van der Waals surface area contributed by atoms with E-state index in [1.165, 1.54) is 17.7 Å². The third kappa shape index (κ3) is 3.50. The van der Waals surface area contributed by atoms with Gasteiger partial charge in [-0.05, 0) is 37.3 Å². The molecule has 24 heavy (non-hydrogen) atoms. The number of hydrogen-bond donors (Lipinski definition) is 1. The summed E-state index contributed by atoms with van der Waals surface area (Å²) in [7, 11) is 1.79. The van der Waals surface area contributed by atoms with E-state index in [1.807, 2.05) is 25.1 Å². The van der Waals surface area contributed by atoms with Crippen molar-refractivity contribution in [1.82, 2.24) is 9.88 Å². The van der Waals surface area contributed by atoms with Gasteiger partial charge >= 0.3 is 0 Å². The molecule has 0 spiro atoms. The molecule has 3 rings (SSSR count). The van der Waals surface area contributed by atoms with Crippen molar-refractivity contribution < 1.29 is 9.53 Å². The molecule has 5 nitrogen and oxygen atoms in total. The van der Waals surface area contributed by atoms with Gasteiger partial charge in [0.05, 0.1) is 6.61 Å². The molecule has 0 bridgehead atoms. The van der Waals surface area contributed by atoms with Gasteiger partial charge in [0, 0.05) is 31.4 Å². The molecule has 0 radical (unpaired) electrons. The predicted octanol–water partition coefficient (Wildman–Crippen LogP) is 2.06. The fourth-order valence-electron chi connectivity index (χ4n) is 3.05. The number of carbonyl (C=O) groups is 1.